The van der Waals surface area contributed by atoms with Crippen molar-refractivity contribution in [2.45, 2.75) is 38.1 Å². The lowest BCUT2D eigenvalue weighted by atomic mass is 10.1. The van der Waals surface area contributed by atoms with Gasteiger partial charge >= 0.3 is 5.97 Å². The van der Waals surface area contributed by atoms with Crippen LogP contribution in [0.1, 0.15) is 44.7 Å². The number of hydrogen-bond acceptors (Lipinski definition) is 7. The van der Waals surface area contributed by atoms with Crippen molar-refractivity contribution in [3.63, 3.8) is 0 Å². The zero-order valence-electron chi connectivity index (χ0n) is 23.1. The Morgan fingerprint density at radius 1 is 0.976 bits per heavy atom. The Hall–Kier alpha value is -4.57. The zero-order chi connectivity index (χ0) is 29.1. The molecule has 2 amide bonds. The molecule has 3 aromatic carbocycles. The van der Waals surface area contributed by atoms with E-state index in [1.165, 1.54) is 0 Å². The highest BCUT2D eigenvalue weighted by molar-refractivity contribution is 5.95. The van der Waals surface area contributed by atoms with Crippen molar-refractivity contribution in [3.05, 3.63) is 89.0 Å². The highest BCUT2D eigenvalue weighted by Gasteiger charge is 2.36. The molecule has 3 aromatic rings. The summed E-state index contributed by atoms with van der Waals surface area (Å²) in [5.74, 6) is 0.548. The van der Waals surface area contributed by atoms with Crippen LogP contribution in [-0.2, 0) is 17.9 Å². The van der Waals surface area contributed by atoms with Gasteiger partial charge in [-0.1, -0.05) is 24.3 Å². The second-order valence-electron chi connectivity index (χ2n) is 11.1. The Morgan fingerprint density at radius 2 is 1.76 bits per heavy atom. The summed E-state index contributed by atoms with van der Waals surface area (Å²) in [6.45, 7) is 2.40. The first-order valence-electron chi connectivity index (χ1n) is 14.2. The number of carbonyl (C=O) groups excluding carboxylic acids is 2. The van der Waals surface area contributed by atoms with E-state index in [2.05, 4.69) is 15.5 Å². The largest absolute Gasteiger partial charge is 0.493 e. The zero-order valence-corrected chi connectivity index (χ0v) is 23.1. The Bertz CT molecular complexity index is 1450. The topological polar surface area (TPSA) is 126 Å². The number of carbonyl (C=O) groups is 3. The number of carboxylic acids is 1. The molecule has 2 atom stereocenters. The molecule has 7 rings (SSSR count). The molecule has 3 aliphatic heterocycles. The minimum Gasteiger partial charge on any atom is -0.493 e. The van der Waals surface area contributed by atoms with Crippen LogP contribution in [0.25, 0.3) is 0 Å². The molecule has 1 saturated heterocycles. The van der Waals surface area contributed by atoms with Crippen molar-refractivity contribution in [1.82, 2.24) is 15.5 Å². The van der Waals surface area contributed by atoms with Crippen molar-refractivity contribution < 1.29 is 33.7 Å². The van der Waals surface area contributed by atoms with Crippen LogP contribution < -0.4 is 24.8 Å². The SMILES string of the molecule is O=C1COc2cc(OCC3CC3)cc(c2)C(=O)N[C@H]2CN(Cc3ccc(C(=O)O)cc3)C[C@@H]2Oc2ccc(cc2)CN1. The lowest BCUT2D eigenvalue weighted by Crippen LogP contribution is -2.45. The molecule has 4 aliphatic rings. The van der Waals surface area contributed by atoms with E-state index in [-0.39, 0.29) is 36.1 Å². The number of rotatable bonds is 6. The third-order valence-corrected chi connectivity index (χ3v) is 7.66. The maximum atomic E-state index is 13.6. The number of hydrogen-bond donors (Lipinski definition) is 3. The molecule has 3 heterocycles. The van der Waals surface area contributed by atoms with Gasteiger partial charge in [0.15, 0.2) is 6.61 Å². The van der Waals surface area contributed by atoms with Crippen LogP contribution in [0.15, 0.2) is 66.7 Å². The van der Waals surface area contributed by atoms with Crippen molar-refractivity contribution in [3.8, 4) is 17.2 Å². The second-order valence-corrected chi connectivity index (χ2v) is 11.1. The van der Waals surface area contributed by atoms with Gasteiger partial charge in [-0.25, -0.2) is 4.79 Å². The maximum Gasteiger partial charge on any atom is 0.335 e. The fourth-order valence-corrected chi connectivity index (χ4v) is 5.13. The average molecular weight is 572 g/mol. The fraction of sp³-hybridized carbons (Fsp3) is 0.344. The van der Waals surface area contributed by atoms with E-state index in [4.69, 9.17) is 14.2 Å². The van der Waals surface area contributed by atoms with Crippen molar-refractivity contribution in [1.29, 1.82) is 0 Å². The van der Waals surface area contributed by atoms with Crippen LogP contribution in [0.4, 0.5) is 0 Å². The quantitative estimate of drug-likeness (QED) is 0.412. The molecular weight excluding hydrogens is 538 g/mol. The number of fused-ring (bicyclic) bond motifs is 7. The summed E-state index contributed by atoms with van der Waals surface area (Å²) < 4.78 is 18.1. The van der Waals surface area contributed by atoms with E-state index in [9.17, 15) is 19.5 Å². The van der Waals surface area contributed by atoms with E-state index in [1.54, 1.807) is 42.5 Å². The fourth-order valence-electron chi connectivity index (χ4n) is 5.13. The van der Waals surface area contributed by atoms with Gasteiger partial charge in [0, 0.05) is 37.8 Å². The van der Waals surface area contributed by atoms with Gasteiger partial charge in [0.25, 0.3) is 11.8 Å². The number of likely N-dealkylation sites (tertiary alicyclic amines) is 1. The molecule has 4 bridgehead atoms. The molecule has 0 radical (unpaired) electrons. The molecule has 0 aromatic heterocycles. The molecule has 1 saturated carbocycles. The maximum absolute atomic E-state index is 13.6. The molecule has 10 heteroatoms. The summed E-state index contributed by atoms with van der Waals surface area (Å²) in [4.78, 5) is 39.5. The Balaban J connectivity index is 1.25. The molecule has 1 aliphatic carbocycles. The number of benzene rings is 3. The summed E-state index contributed by atoms with van der Waals surface area (Å²) in [6.07, 6.45) is 1.93. The summed E-state index contributed by atoms with van der Waals surface area (Å²) in [5, 5.41) is 15.2. The highest BCUT2D eigenvalue weighted by Crippen LogP contribution is 2.31. The smallest absolute Gasteiger partial charge is 0.335 e. The van der Waals surface area contributed by atoms with Crippen LogP contribution in [0, 0.1) is 5.92 Å². The van der Waals surface area contributed by atoms with Crippen molar-refractivity contribution in [2.24, 2.45) is 5.92 Å². The number of amides is 2. The van der Waals surface area contributed by atoms with Crippen LogP contribution >= 0.6 is 0 Å². The monoisotopic (exact) mass is 571 g/mol. The number of nitrogens with zero attached hydrogens (tertiary/aromatic N) is 1. The van der Waals surface area contributed by atoms with E-state index in [0.29, 0.717) is 61.5 Å². The van der Waals surface area contributed by atoms with Crippen molar-refractivity contribution in [2.75, 3.05) is 26.3 Å². The van der Waals surface area contributed by atoms with Crippen LogP contribution in [0.2, 0.25) is 0 Å². The minimum absolute atomic E-state index is 0.193. The number of aromatic carboxylic acids is 1. The summed E-state index contributed by atoms with van der Waals surface area (Å²) in [5.41, 5.74) is 2.49. The Labute approximate surface area is 243 Å². The lowest BCUT2D eigenvalue weighted by Gasteiger charge is -2.22. The minimum atomic E-state index is -0.964. The molecule has 2 fully saturated rings. The number of carboxylic acid groups (broad SMARTS) is 1. The molecule has 0 spiro atoms. The van der Waals surface area contributed by atoms with Crippen LogP contribution in [-0.4, -0.2) is 66.2 Å². The summed E-state index contributed by atoms with van der Waals surface area (Å²) in [6, 6.07) is 19.0. The third kappa shape index (κ3) is 7.01. The standard InChI is InChI=1S/C32H33N3O7/c36-30-19-41-27-12-24(11-26(13-27)40-18-22-1-2-22)31(37)34-28-16-35(15-21-3-7-23(8-4-21)32(38)39)17-29(28)42-25-9-5-20(6-10-25)14-33-30/h3-13,22,28-29H,1-2,14-19H2,(H,33,36)(H,34,37)(H,38,39)/t28-,29-/m0/s1. The van der Waals surface area contributed by atoms with E-state index < -0.39 is 5.97 Å². The first kappa shape index (κ1) is 27.6. The Morgan fingerprint density at radius 3 is 2.50 bits per heavy atom. The van der Waals surface area contributed by atoms with Crippen molar-refractivity contribution >= 4 is 17.8 Å². The lowest BCUT2D eigenvalue weighted by molar-refractivity contribution is -0.123. The normalized spacial score (nSPS) is 20.9. The van der Waals surface area contributed by atoms with Gasteiger partial charge in [-0.2, -0.15) is 0 Å². The van der Waals surface area contributed by atoms with Gasteiger partial charge in [0.2, 0.25) is 0 Å². The summed E-state index contributed by atoms with van der Waals surface area (Å²) >= 11 is 0. The van der Waals surface area contributed by atoms with Gasteiger partial charge in [-0.05, 0) is 66.3 Å². The van der Waals surface area contributed by atoms with E-state index in [0.717, 1.165) is 24.0 Å². The van der Waals surface area contributed by atoms with E-state index in [1.807, 2.05) is 24.3 Å². The molecule has 42 heavy (non-hydrogen) atoms. The van der Waals surface area contributed by atoms with E-state index >= 15 is 0 Å². The third-order valence-electron chi connectivity index (χ3n) is 7.66. The first-order chi connectivity index (χ1) is 20.4. The predicted molar refractivity (Wildman–Crippen MR) is 153 cm³/mol. The van der Waals surface area contributed by atoms with Crippen LogP contribution in [0.5, 0.6) is 17.2 Å². The molecule has 3 N–H and O–H groups in total. The summed E-state index contributed by atoms with van der Waals surface area (Å²) in [7, 11) is 0. The van der Waals surface area contributed by atoms with Crippen LogP contribution in [0.3, 0.4) is 0 Å². The molecule has 0 unspecified atom stereocenters. The molecule has 10 nitrogen and oxygen atoms in total. The Kier molecular flexibility index (Phi) is 7.96. The number of ether oxygens (including phenoxy) is 3. The van der Waals surface area contributed by atoms with Gasteiger partial charge < -0.3 is 30.0 Å². The number of nitrogens with one attached hydrogen (secondary N) is 2. The highest BCUT2D eigenvalue weighted by atomic mass is 16.5. The van der Waals surface area contributed by atoms with Gasteiger partial charge in [-0.15, -0.1) is 0 Å². The molecule has 218 valence electrons. The average Bonchev–Trinajstić information content (AvgIpc) is 3.75. The van der Waals surface area contributed by atoms with Gasteiger partial charge in [0.05, 0.1) is 18.2 Å². The predicted octanol–water partition coefficient (Wildman–Crippen LogP) is 3.24. The van der Waals surface area contributed by atoms with Gasteiger partial charge in [0.1, 0.15) is 23.4 Å². The first-order valence-corrected chi connectivity index (χ1v) is 14.2. The second kappa shape index (κ2) is 12.1. The van der Waals surface area contributed by atoms with Gasteiger partial charge in [-0.3, -0.25) is 14.5 Å². The molecular formula is C32H33N3O7.